The van der Waals surface area contributed by atoms with E-state index in [1.54, 1.807) is 0 Å². The second-order valence-corrected chi connectivity index (χ2v) is 3.05. The predicted molar refractivity (Wildman–Crippen MR) is 53.0 cm³/mol. The maximum atomic E-state index is 10.7. The summed E-state index contributed by atoms with van der Waals surface area (Å²) < 4.78 is 4.45. The average molecular weight is 185 g/mol. The Morgan fingerprint density at radius 1 is 1.38 bits per heavy atom. The standard InChI is InChI=1S/C10H19NO2/c1-3-4-5-6-7-9(11)8-10(12)13-2/h8H,3-7,11H2,1-2H3/b9-8+. The summed E-state index contributed by atoms with van der Waals surface area (Å²) >= 11 is 0. The second kappa shape index (κ2) is 7.65. The Balaban J connectivity index is 3.55. The third kappa shape index (κ3) is 7.37. The zero-order valence-electron chi connectivity index (χ0n) is 8.51. The highest BCUT2D eigenvalue weighted by Crippen LogP contribution is 2.06. The number of rotatable bonds is 6. The van der Waals surface area contributed by atoms with Crippen LogP contribution in [0.1, 0.15) is 39.0 Å². The van der Waals surface area contributed by atoms with Gasteiger partial charge in [-0.1, -0.05) is 26.2 Å². The van der Waals surface area contributed by atoms with E-state index in [-0.39, 0.29) is 5.97 Å². The van der Waals surface area contributed by atoms with Gasteiger partial charge in [0, 0.05) is 11.8 Å². The first-order chi connectivity index (χ1) is 6.20. The summed E-state index contributed by atoms with van der Waals surface area (Å²) in [5, 5.41) is 0. The van der Waals surface area contributed by atoms with Gasteiger partial charge in [-0.15, -0.1) is 0 Å². The van der Waals surface area contributed by atoms with Gasteiger partial charge in [-0.2, -0.15) is 0 Å². The van der Waals surface area contributed by atoms with Gasteiger partial charge in [0.05, 0.1) is 7.11 Å². The lowest BCUT2D eigenvalue weighted by Crippen LogP contribution is -2.03. The lowest BCUT2D eigenvalue weighted by atomic mass is 10.1. The van der Waals surface area contributed by atoms with E-state index in [0.29, 0.717) is 5.70 Å². The monoisotopic (exact) mass is 185 g/mol. The molecule has 0 radical (unpaired) electrons. The molecule has 0 aromatic heterocycles. The van der Waals surface area contributed by atoms with E-state index in [1.807, 2.05) is 0 Å². The van der Waals surface area contributed by atoms with Crippen LogP contribution in [0.15, 0.2) is 11.8 Å². The Morgan fingerprint density at radius 3 is 2.62 bits per heavy atom. The van der Waals surface area contributed by atoms with Crippen molar-refractivity contribution in [2.75, 3.05) is 7.11 Å². The van der Waals surface area contributed by atoms with Crippen LogP contribution in [0.3, 0.4) is 0 Å². The molecule has 0 amide bonds. The van der Waals surface area contributed by atoms with Gasteiger partial charge in [-0.25, -0.2) is 4.79 Å². The van der Waals surface area contributed by atoms with E-state index < -0.39 is 0 Å². The number of carbonyl (C=O) groups is 1. The number of methoxy groups -OCH3 is 1. The van der Waals surface area contributed by atoms with Gasteiger partial charge in [-0.05, 0) is 12.8 Å². The summed E-state index contributed by atoms with van der Waals surface area (Å²) in [7, 11) is 1.35. The second-order valence-electron chi connectivity index (χ2n) is 3.05. The largest absolute Gasteiger partial charge is 0.466 e. The normalized spacial score (nSPS) is 11.4. The fourth-order valence-electron chi connectivity index (χ4n) is 1.04. The summed E-state index contributed by atoms with van der Waals surface area (Å²) in [4.78, 5) is 10.7. The van der Waals surface area contributed by atoms with Crippen molar-refractivity contribution in [1.29, 1.82) is 0 Å². The molecule has 76 valence electrons. The van der Waals surface area contributed by atoms with Crippen LogP contribution in [0.5, 0.6) is 0 Å². The zero-order valence-corrected chi connectivity index (χ0v) is 8.51. The quantitative estimate of drug-likeness (QED) is 0.391. The van der Waals surface area contributed by atoms with Crippen molar-refractivity contribution >= 4 is 5.97 Å². The van der Waals surface area contributed by atoms with E-state index in [0.717, 1.165) is 12.8 Å². The number of allylic oxidation sites excluding steroid dienone is 1. The van der Waals surface area contributed by atoms with Gasteiger partial charge in [0.2, 0.25) is 0 Å². The molecule has 2 N–H and O–H groups in total. The number of ether oxygens (including phenoxy) is 1. The molecule has 0 aromatic rings. The summed E-state index contributed by atoms with van der Waals surface area (Å²) in [5.41, 5.74) is 6.21. The van der Waals surface area contributed by atoms with Crippen LogP contribution in [0.4, 0.5) is 0 Å². The van der Waals surface area contributed by atoms with E-state index in [2.05, 4.69) is 11.7 Å². The van der Waals surface area contributed by atoms with Crippen molar-refractivity contribution in [3.8, 4) is 0 Å². The van der Waals surface area contributed by atoms with E-state index in [9.17, 15) is 4.79 Å². The fraction of sp³-hybridized carbons (Fsp3) is 0.700. The minimum atomic E-state index is -0.368. The van der Waals surface area contributed by atoms with Crippen LogP contribution in [0.2, 0.25) is 0 Å². The van der Waals surface area contributed by atoms with Crippen LogP contribution < -0.4 is 5.73 Å². The maximum Gasteiger partial charge on any atom is 0.332 e. The van der Waals surface area contributed by atoms with Gasteiger partial charge in [0.25, 0.3) is 0 Å². The number of hydrogen-bond donors (Lipinski definition) is 1. The molecule has 13 heavy (non-hydrogen) atoms. The van der Waals surface area contributed by atoms with E-state index >= 15 is 0 Å². The third-order valence-electron chi connectivity index (χ3n) is 1.82. The van der Waals surface area contributed by atoms with Gasteiger partial charge < -0.3 is 10.5 Å². The molecule has 0 spiro atoms. The van der Waals surface area contributed by atoms with Gasteiger partial charge in [-0.3, -0.25) is 0 Å². The van der Waals surface area contributed by atoms with Crippen LogP contribution in [0, 0.1) is 0 Å². The predicted octanol–water partition coefficient (Wildman–Crippen LogP) is 1.97. The summed E-state index contributed by atoms with van der Waals surface area (Å²) in [6, 6.07) is 0. The van der Waals surface area contributed by atoms with Crippen LogP contribution in [-0.4, -0.2) is 13.1 Å². The van der Waals surface area contributed by atoms with Crippen molar-refractivity contribution in [2.24, 2.45) is 5.73 Å². The first-order valence-corrected chi connectivity index (χ1v) is 4.74. The maximum absolute atomic E-state index is 10.7. The fourth-order valence-corrected chi connectivity index (χ4v) is 1.04. The Bertz CT molecular complexity index is 176. The van der Waals surface area contributed by atoms with Crippen molar-refractivity contribution < 1.29 is 9.53 Å². The third-order valence-corrected chi connectivity index (χ3v) is 1.82. The van der Waals surface area contributed by atoms with E-state index in [1.165, 1.54) is 32.4 Å². The highest BCUT2D eigenvalue weighted by Gasteiger charge is 1.97. The molecule has 0 heterocycles. The highest BCUT2D eigenvalue weighted by molar-refractivity contribution is 5.82. The number of carbonyl (C=O) groups excluding carboxylic acids is 1. The minimum absolute atomic E-state index is 0.368. The number of hydrogen-bond acceptors (Lipinski definition) is 3. The molecule has 0 bridgehead atoms. The smallest absolute Gasteiger partial charge is 0.332 e. The molecule has 0 rings (SSSR count). The van der Waals surface area contributed by atoms with Gasteiger partial charge in [0.1, 0.15) is 0 Å². The molecule has 0 aliphatic rings. The van der Waals surface area contributed by atoms with Crippen LogP contribution in [-0.2, 0) is 9.53 Å². The van der Waals surface area contributed by atoms with Crippen LogP contribution in [0.25, 0.3) is 0 Å². The van der Waals surface area contributed by atoms with Gasteiger partial charge >= 0.3 is 5.97 Å². The molecule has 3 heteroatoms. The summed E-state index contributed by atoms with van der Waals surface area (Å²) in [6.07, 6.45) is 6.80. The first-order valence-electron chi connectivity index (χ1n) is 4.74. The lowest BCUT2D eigenvalue weighted by molar-refractivity contribution is -0.134. The Hall–Kier alpha value is -0.990. The van der Waals surface area contributed by atoms with Crippen molar-refractivity contribution in [3.63, 3.8) is 0 Å². The average Bonchev–Trinajstić information content (AvgIpc) is 2.12. The van der Waals surface area contributed by atoms with Crippen molar-refractivity contribution in [1.82, 2.24) is 0 Å². The van der Waals surface area contributed by atoms with Gasteiger partial charge in [0.15, 0.2) is 0 Å². The number of nitrogens with two attached hydrogens (primary N) is 1. The van der Waals surface area contributed by atoms with Crippen molar-refractivity contribution in [2.45, 2.75) is 39.0 Å². The minimum Gasteiger partial charge on any atom is -0.466 e. The molecule has 3 nitrogen and oxygen atoms in total. The molecule has 0 atom stereocenters. The Morgan fingerprint density at radius 2 is 2.08 bits per heavy atom. The summed E-state index contributed by atoms with van der Waals surface area (Å²) in [6.45, 7) is 2.16. The molecule has 0 saturated heterocycles. The zero-order chi connectivity index (χ0) is 10.1. The molecule has 0 fully saturated rings. The molecule has 0 saturated carbocycles. The summed E-state index contributed by atoms with van der Waals surface area (Å²) in [5.74, 6) is -0.368. The van der Waals surface area contributed by atoms with Crippen molar-refractivity contribution in [3.05, 3.63) is 11.8 Å². The van der Waals surface area contributed by atoms with E-state index in [4.69, 9.17) is 5.73 Å². The van der Waals surface area contributed by atoms with Crippen LogP contribution >= 0.6 is 0 Å². The molecule has 0 aliphatic carbocycles. The molecule has 0 unspecified atom stereocenters. The SMILES string of the molecule is CCCCCC/C(N)=C\C(=O)OC. The molecular weight excluding hydrogens is 166 g/mol. The Kier molecular flexibility index (Phi) is 7.07. The highest BCUT2D eigenvalue weighted by atomic mass is 16.5. The molecule has 0 aromatic carbocycles. The number of unbranched alkanes of at least 4 members (excludes halogenated alkanes) is 3. The lowest BCUT2D eigenvalue weighted by Gasteiger charge is -2.00. The Labute approximate surface area is 79.9 Å². The molecular formula is C10H19NO2. The number of esters is 1. The first kappa shape index (κ1) is 12.0. The topological polar surface area (TPSA) is 52.3 Å². The molecule has 0 aliphatic heterocycles.